The molecule has 0 unspecified atom stereocenters. The molecule has 0 aromatic heterocycles. The van der Waals surface area contributed by atoms with Gasteiger partial charge in [0.25, 0.3) is 0 Å². The van der Waals surface area contributed by atoms with Gasteiger partial charge in [-0.15, -0.1) is 0 Å². The van der Waals surface area contributed by atoms with Crippen molar-refractivity contribution < 1.29 is 9.59 Å². The lowest BCUT2D eigenvalue weighted by atomic mass is 9.74. The van der Waals surface area contributed by atoms with Crippen LogP contribution in [0.4, 0.5) is 0 Å². The number of rotatable bonds is 2. The summed E-state index contributed by atoms with van der Waals surface area (Å²) in [6.45, 7) is 0. The van der Waals surface area contributed by atoms with Gasteiger partial charge in [-0.25, -0.2) is 0 Å². The minimum atomic E-state index is -0.255. The van der Waals surface area contributed by atoms with Crippen LogP contribution in [0.15, 0.2) is 24.3 Å². The molecule has 0 N–H and O–H groups in total. The average molecular weight is 274 g/mol. The van der Waals surface area contributed by atoms with Gasteiger partial charge in [0.05, 0.1) is 11.8 Å². The molecule has 2 amide bonds. The Labute approximate surface area is 120 Å². The van der Waals surface area contributed by atoms with Gasteiger partial charge < -0.3 is 9.80 Å². The van der Waals surface area contributed by atoms with Crippen molar-refractivity contribution in [2.24, 2.45) is 11.8 Å². The number of carbonyl (C=O) groups is 2. The number of amides is 2. The maximum atomic E-state index is 12.4. The van der Waals surface area contributed by atoms with E-state index >= 15 is 0 Å². The van der Waals surface area contributed by atoms with Crippen molar-refractivity contribution in [2.45, 2.75) is 12.8 Å². The Morgan fingerprint density at radius 1 is 0.850 bits per heavy atom. The van der Waals surface area contributed by atoms with Gasteiger partial charge in [-0.1, -0.05) is 24.3 Å². The largest absolute Gasteiger partial charge is 0.349 e. The van der Waals surface area contributed by atoms with Crippen molar-refractivity contribution in [1.82, 2.24) is 9.80 Å². The standard InChI is InChI=1S/C16H22N2O2/c1-17(2)15(19)13-9-11-7-5-6-8-12(11)10-14(13)16(20)18(3)4/h5-8,13-14H,9-10H2,1-4H3/t13-,14+. The number of carbonyl (C=O) groups excluding carboxylic acids is 2. The molecular formula is C16H22N2O2. The Bertz CT molecular complexity index is 476. The third kappa shape index (κ3) is 2.69. The van der Waals surface area contributed by atoms with E-state index in [0.717, 1.165) is 0 Å². The highest BCUT2D eigenvalue weighted by molar-refractivity contribution is 5.88. The molecule has 0 aliphatic heterocycles. The molecule has 2 atom stereocenters. The molecule has 1 aromatic carbocycles. The van der Waals surface area contributed by atoms with Crippen LogP contribution in [0.3, 0.4) is 0 Å². The minimum Gasteiger partial charge on any atom is -0.349 e. The maximum Gasteiger partial charge on any atom is 0.226 e. The monoisotopic (exact) mass is 274 g/mol. The number of nitrogens with zero attached hydrogens (tertiary/aromatic N) is 2. The Morgan fingerprint density at radius 3 is 1.50 bits per heavy atom. The van der Waals surface area contributed by atoms with Crippen molar-refractivity contribution in [3.63, 3.8) is 0 Å². The summed E-state index contributed by atoms with van der Waals surface area (Å²) in [5, 5.41) is 0. The molecule has 4 heteroatoms. The number of hydrogen-bond donors (Lipinski definition) is 0. The summed E-state index contributed by atoms with van der Waals surface area (Å²) in [5.41, 5.74) is 2.38. The first-order valence-electron chi connectivity index (χ1n) is 6.91. The van der Waals surface area contributed by atoms with Crippen LogP contribution in [0.1, 0.15) is 11.1 Å². The van der Waals surface area contributed by atoms with Gasteiger partial charge in [0.1, 0.15) is 0 Å². The third-order valence-corrected chi connectivity index (χ3v) is 4.00. The van der Waals surface area contributed by atoms with E-state index < -0.39 is 0 Å². The summed E-state index contributed by atoms with van der Waals surface area (Å²) < 4.78 is 0. The maximum absolute atomic E-state index is 12.4. The van der Waals surface area contributed by atoms with E-state index in [1.807, 2.05) is 12.1 Å². The molecule has 0 bridgehead atoms. The predicted molar refractivity (Wildman–Crippen MR) is 78.2 cm³/mol. The number of hydrogen-bond acceptors (Lipinski definition) is 2. The molecule has 108 valence electrons. The number of fused-ring (bicyclic) bond motifs is 1. The molecule has 0 radical (unpaired) electrons. The van der Waals surface area contributed by atoms with Crippen LogP contribution in [0, 0.1) is 11.8 Å². The van der Waals surface area contributed by atoms with Crippen molar-refractivity contribution in [1.29, 1.82) is 0 Å². The lowest BCUT2D eigenvalue weighted by Crippen LogP contribution is -2.45. The van der Waals surface area contributed by atoms with E-state index in [9.17, 15) is 9.59 Å². The molecule has 0 fully saturated rings. The molecule has 1 aromatic rings. The smallest absolute Gasteiger partial charge is 0.226 e. The first kappa shape index (κ1) is 14.6. The molecule has 0 saturated carbocycles. The quantitative estimate of drug-likeness (QED) is 0.813. The second-order valence-corrected chi connectivity index (χ2v) is 5.86. The first-order valence-corrected chi connectivity index (χ1v) is 6.91. The Hall–Kier alpha value is -1.84. The molecule has 4 nitrogen and oxygen atoms in total. The topological polar surface area (TPSA) is 40.6 Å². The Morgan fingerprint density at radius 2 is 1.20 bits per heavy atom. The highest BCUT2D eigenvalue weighted by atomic mass is 16.2. The third-order valence-electron chi connectivity index (χ3n) is 4.00. The molecule has 1 aliphatic carbocycles. The predicted octanol–water partition coefficient (Wildman–Crippen LogP) is 1.19. The highest BCUT2D eigenvalue weighted by Crippen LogP contribution is 2.32. The van der Waals surface area contributed by atoms with Crippen LogP contribution in [0.5, 0.6) is 0 Å². The van der Waals surface area contributed by atoms with E-state index in [2.05, 4.69) is 12.1 Å². The summed E-state index contributed by atoms with van der Waals surface area (Å²) in [6.07, 6.45) is 1.30. The second-order valence-electron chi connectivity index (χ2n) is 5.86. The molecule has 0 saturated heterocycles. The van der Waals surface area contributed by atoms with Crippen LogP contribution in [-0.2, 0) is 22.4 Å². The van der Waals surface area contributed by atoms with Crippen LogP contribution in [-0.4, -0.2) is 49.8 Å². The van der Waals surface area contributed by atoms with Crippen LogP contribution in [0.2, 0.25) is 0 Å². The van der Waals surface area contributed by atoms with Crippen molar-refractivity contribution in [3.05, 3.63) is 35.4 Å². The fraction of sp³-hybridized carbons (Fsp3) is 0.500. The number of benzene rings is 1. The van der Waals surface area contributed by atoms with E-state index in [4.69, 9.17) is 0 Å². The van der Waals surface area contributed by atoms with Gasteiger partial charge in [-0.3, -0.25) is 9.59 Å². The normalized spacial score (nSPS) is 21.0. The van der Waals surface area contributed by atoms with Gasteiger partial charge >= 0.3 is 0 Å². The SMILES string of the molecule is CN(C)C(=O)[C@H]1Cc2ccccc2C[C@H]1C(=O)N(C)C. The van der Waals surface area contributed by atoms with E-state index in [-0.39, 0.29) is 23.7 Å². The fourth-order valence-corrected chi connectivity index (χ4v) is 2.90. The fourth-order valence-electron chi connectivity index (χ4n) is 2.90. The van der Waals surface area contributed by atoms with Gasteiger partial charge in [0, 0.05) is 28.2 Å². The molecule has 0 heterocycles. The lowest BCUT2D eigenvalue weighted by Gasteiger charge is -2.34. The van der Waals surface area contributed by atoms with Gasteiger partial charge in [0.15, 0.2) is 0 Å². The van der Waals surface area contributed by atoms with Crippen molar-refractivity contribution in [3.8, 4) is 0 Å². The summed E-state index contributed by atoms with van der Waals surface area (Å²) in [6, 6.07) is 8.09. The van der Waals surface area contributed by atoms with Crippen molar-refractivity contribution >= 4 is 11.8 Å². The van der Waals surface area contributed by atoms with Crippen LogP contribution >= 0.6 is 0 Å². The minimum absolute atomic E-state index is 0.0414. The molecule has 1 aliphatic rings. The zero-order chi connectivity index (χ0) is 14.9. The van der Waals surface area contributed by atoms with Gasteiger partial charge in [0.2, 0.25) is 11.8 Å². The summed E-state index contributed by atoms with van der Waals surface area (Å²) in [4.78, 5) is 28.0. The van der Waals surface area contributed by atoms with E-state index in [1.165, 1.54) is 11.1 Å². The van der Waals surface area contributed by atoms with Gasteiger partial charge in [-0.2, -0.15) is 0 Å². The summed E-state index contributed by atoms with van der Waals surface area (Å²) in [5.74, 6) is -0.427. The Kier molecular flexibility index (Phi) is 4.12. The zero-order valence-electron chi connectivity index (χ0n) is 12.6. The molecular weight excluding hydrogens is 252 g/mol. The van der Waals surface area contributed by atoms with Crippen LogP contribution in [0.25, 0.3) is 0 Å². The molecule has 0 spiro atoms. The summed E-state index contributed by atoms with van der Waals surface area (Å²) >= 11 is 0. The van der Waals surface area contributed by atoms with Crippen molar-refractivity contribution in [2.75, 3.05) is 28.2 Å². The average Bonchev–Trinajstić information content (AvgIpc) is 2.44. The second kappa shape index (κ2) is 5.65. The van der Waals surface area contributed by atoms with Crippen LogP contribution < -0.4 is 0 Å². The lowest BCUT2D eigenvalue weighted by molar-refractivity contribution is -0.144. The Balaban J connectivity index is 2.36. The highest BCUT2D eigenvalue weighted by Gasteiger charge is 2.39. The summed E-state index contributed by atoms with van der Waals surface area (Å²) in [7, 11) is 7.00. The molecule has 20 heavy (non-hydrogen) atoms. The van der Waals surface area contributed by atoms with E-state index in [1.54, 1.807) is 38.0 Å². The first-order chi connectivity index (χ1) is 9.41. The molecule has 2 rings (SSSR count). The van der Waals surface area contributed by atoms with Gasteiger partial charge in [-0.05, 0) is 24.0 Å². The zero-order valence-corrected chi connectivity index (χ0v) is 12.6. The van der Waals surface area contributed by atoms with E-state index in [0.29, 0.717) is 12.8 Å².